The molecule has 0 aromatic carbocycles. The van der Waals surface area contributed by atoms with Gasteiger partial charge in [-0.15, -0.1) is 0 Å². The molecular formula is C25H52O. The summed E-state index contributed by atoms with van der Waals surface area (Å²) in [5.74, 6) is 0. The second-order valence-corrected chi connectivity index (χ2v) is 8.33. The van der Waals surface area contributed by atoms with E-state index in [9.17, 15) is 0 Å². The van der Waals surface area contributed by atoms with Crippen LogP contribution in [-0.2, 0) is 4.74 Å². The highest BCUT2D eigenvalue weighted by Gasteiger charge is 1.95. The van der Waals surface area contributed by atoms with Crippen LogP contribution in [0, 0.1) is 0 Å². The first-order valence-corrected chi connectivity index (χ1v) is 12.5. The molecule has 0 heterocycles. The van der Waals surface area contributed by atoms with E-state index in [0.717, 1.165) is 13.2 Å². The quantitative estimate of drug-likeness (QED) is 0.163. The van der Waals surface area contributed by atoms with Crippen molar-refractivity contribution in [3.05, 3.63) is 0 Å². The van der Waals surface area contributed by atoms with E-state index >= 15 is 0 Å². The molecule has 0 aliphatic rings. The topological polar surface area (TPSA) is 9.23 Å². The summed E-state index contributed by atoms with van der Waals surface area (Å²) in [5, 5.41) is 0. The Morgan fingerprint density at radius 3 is 0.808 bits per heavy atom. The zero-order valence-corrected chi connectivity index (χ0v) is 18.7. The molecule has 0 rings (SSSR count). The Hall–Kier alpha value is -0.0400. The minimum absolute atomic E-state index is 0.992. The summed E-state index contributed by atoms with van der Waals surface area (Å²) in [7, 11) is 0. The molecule has 0 unspecified atom stereocenters. The third-order valence-corrected chi connectivity index (χ3v) is 5.53. The molecular weight excluding hydrogens is 316 g/mol. The third-order valence-electron chi connectivity index (χ3n) is 5.53. The van der Waals surface area contributed by atoms with Gasteiger partial charge in [0, 0.05) is 13.2 Å². The summed E-state index contributed by atoms with van der Waals surface area (Å²) in [6.07, 6.45) is 29.7. The lowest BCUT2D eigenvalue weighted by molar-refractivity contribution is 0.125. The normalized spacial score (nSPS) is 11.3. The van der Waals surface area contributed by atoms with E-state index < -0.39 is 0 Å². The molecule has 0 bridgehead atoms. The van der Waals surface area contributed by atoms with Gasteiger partial charge < -0.3 is 4.74 Å². The van der Waals surface area contributed by atoms with Crippen LogP contribution in [0.1, 0.15) is 149 Å². The maximum atomic E-state index is 5.77. The van der Waals surface area contributed by atoms with E-state index in [1.54, 1.807) is 0 Å². The van der Waals surface area contributed by atoms with E-state index in [-0.39, 0.29) is 0 Å². The molecule has 0 aliphatic carbocycles. The van der Waals surface area contributed by atoms with Gasteiger partial charge in [-0.1, -0.05) is 136 Å². The number of ether oxygens (including phenoxy) is 1. The maximum absolute atomic E-state index is 5.77. The summed E-state index contributed by atoms with van der Waals surface area (Å²) < 4.78 is 5.77. The molecule has 0 spiro atoms. The first-order valence-electron chi connectivity index (χ1n) is 12.5. The number of unbranched alkanes of at least 4 members (excludes halogenated alkanes) is 19. The van der Waals surface area contributed by atoms with Crippen LogP contribution in [0.3, 0.4) is 0 Å². The van der Waals surface area contributed by atoms with Crippen molar-refractivity contribution in [1.82, 2.24) is 0 Å². The van der Waals surface area contributed by atoms with Gasteiger partial charge >= 0.3 is 0 Å². The first-order chi connectivity index (χ1) is 12.9. The molecule has 0 saturated heterocycles. The second-order valence-electron chi connectivity index (χ2n) is 8.33. The van der Waals surface area contributed by atoms with E-state index in [1.165, 1.54) is 135 Å². The molecule has 0 aromatic heterocycles. The van der Waals surface area contributed by atoms with Crippen molar-refractivity contribution in [3.63, 3.8) is 0 Å². The molecule has 0 fully saturated rings. The summed E-state index contributed by atoms with van der Waals surface area (Å²) in [6.45, 7) is 6.57. The van der Waals surface area contributed by atoms with Crippen molar-refractivity contribution in [2.24, 2.45) is 0 Å². The van der Waals surface area contributed by atoms with Crippen molar-refractivity contribution >= 4 is 0 Å². The predicted molar refractivity (Wildman–Crippen MR) is 119 cm³/mol. The van der Waals surface area contributed by atoms with Gasteiger partial charge in [-0.2, -0.15) is 0 Å². The molecule has 0 atom stereocenters. The summed E-state index contributed by atoms with van der Waals surface area (Å²) in [6, 6.07) is 0. The van der Waals surface area contributed by atoms with Crippen LogP contribution >= 0.6 is 0 Å². The lowest BCUT2D eigenvalue weighted by atomic mass is 10.0. The predicted octanol–water partition coefficient (Wildman–Crippen LogP) is 9.23. The molecule has 0 saturated carbocycles. The highest BCUT2D eigenvalue weighted by atomic mass is 16.5. The summed E-state index contributed by atoms with van der Waals surface area (Å²) in [5.41, 5.74) is 0. The molecule has 0 aliphatic heterocycles. The Kier molecular flexibility index (Phi) is 24.9. The van der Waals surface area contributed by atoms with Crippen LogP contribution in [0.4, 0.5) is 0 Å². The average molecular weight is 369 g/mol. The van der Waals surface area contributed by atoms with Crippen LogP contribution in [-0.4, -0.2) is 13.2 Å². The SMILES string of the molecule is CCCCCCCCCCCCCCCCOCCCCCCCCC. The molecule has 0 amide bonds. The lowest BCUT2D eigenvalue weighted by Crippen LogP contribution is -1.97. The Morgan fingerprint density at radius 2 is 0.538 bits per heavy atom. The third kappa shape index (κ3) is 24.0. The lowest BCUT2D eigenvalue weighted by Gasteiger charge is -2.05. The van der Waals surface area contributed by atoms with E-state index in [4.69, 9.17) is 4.74 Å². The van der Waals surface area contributed by atoms with Crippen LogP contribution < -0.4 is 0 Å². The Labute approximate surface area is 167 Å². The number of rotatable bonds is 23. The molecule has 1 heteroatoms. The molecule has 1 nitrogen and oxygen atoms in total. The van der Waals surface area contributed by atoms with E-state index in [0.29, 0.717) is 0 Å². The van der Waals surface area contributed by atoms with E-state index in [2.05, 4.69) is 13.8 Å². The van der Waals surface area contributed by atoms with Crippen LogP contribution in [0.5, 0.6) is 0 Å². The van der Waals surface area contributed by atoms with Crippen LogP contribution in [0.15, 0.2) is 0 Å². The van der Waals surface area contributed by atoms with Crippen molar-refractivity contribution in [1.29, 1.82) is 0 Å². The van der Waals surface area contributed by atoms with Gasteiger partial charge in [-0.25, -0.2) is 0 Å². The maximum Gasteiger partial charge on any atom is 0.0466 e. The Morgan fingerprint density at radius 1 is 0.308 bits per heavy atom. The van der Waals surface area contributed by atoms with E-state index in [1.807, 2.05) is 0 Å². The van der Waals surface area contributed by atoms with Crippen LogP contribution in [0.2, 0.25) is 0 Å². The molecule has 26 heavy (non-hydrogen) atoms. The summed E-state index contributed by atoms with van der Waals surface area (Å²) >= 11 is 0. The van der Waals surface area contributed by atoms with Gasteiger partial charge in [0.15, 0.2) is 0 Å². The molecule has 0 radical (unpaired) electrons. The van der Waals surface area contributed by atoms with Gasteiger partial charge in [0.25, 0.3) is 0 Å². The highest BCUT2D eigenvalue weighted by molar-refractivity contribution is 4.49. The minimum Gasteiger partial charge on any atom is -0.381 e. The molecule has 0 N–H and O–H groups in total. The average Bonchev–Trinajstić information content (AvgIpc) is 2.66. The largest absolute Gasteiger partial charge is 0.381 e. The Bertz CT molecular complexity index is 202. The molecule has 158 valence electrons. The fourth-order valence-electron chi connectivity index (χ4n) is 3.66. The van der Waals surface area contributed by atoms with Crippen molar-refractivity contribution < 1.29 is 4.74 Å². The first kappa shape index (κ1) is 26.0. The fraction of sp³-hybridized carbons (Fsp3) is 1.00. The zero-order chi connectivity index (χ0) is 19.0. The van der Waals surface area contributed by atoms with Gasteiger partial charge in [0.05, 0.1) is 0 Å². The van der Waals surface area contributed by atoms with Crippen molar-refractivity contribution in [2.75, 3.05) is 13.2 Å². The summed E-state index contributed by atoms with van der Waals surface area (Å²) in [4.78, 5) is 0. The second kappa shape index (κ2) is 25.0. The highest BCUT2D eigenvalue weighted by Crippen LogP contribution is 2.13. The van der Waals surface area contributed by atoms with Gasteiger partial charge in [0.1, 0.15) is 0 Å². The smallest absolute Gasteiger partial charge is 0.0466 e. The van der Waals surface area contributed by atoms with Gasteiger partial charge in [-0.3, -0.25) is 0 Å². The Balaban J connectivity index is 2.95. The van der Waals surface area contributed by atoms with Gasteiger partial charge in [-0.05, 0) is 12.8 Å². The van der Waals surface area contributed by atoms with Gasteiger partial charge in [0.2, 0.25) is 0 Å². The molecule has 0 aromatic rings. The number of hydrogen-bond acceptors (Lipinski definition) is 1. The van der Waals surface area contributed by atoms with Crippen molar-refractivity contribution in [2.45, 2.75) is 149 Å². The number of hydrogen-bond donors (Lipinski definition) is 0. The fourth-order valence-corrected chi connectivity index (χ4v) is 3.66. The van der Waals surface area contributed by atoms with Crippen molar-refractivity contribution in [3.8, 4) is 0 Å². The minimum atomic E-state index is 0.992. The van der Waals surface area contributed by atoms with Crippen LogP contribution in [0.25, 0.3) is 0 Å². The zero-order valence-electron chi connectivity index (χ0n) is 18.7. The monoisotopic (exact) mass is 368 g/mol. The standard InChI is InChI=1S/C25H52O/c1-3-5-7-9-11-12-13-14-15-16-17-19-21-23-25-26-24-22-20-18-10-8-6-4-2/h3-25H2,1-2H3.